The first kappa shape index (κ1) is 26.6. The van der Waals surface area contributed by atoms with Gasteiger partial charge in [-0.25, -0.2) is 4.79 Å². The van der Waals surface area contributed by atoms with Crippen molar-refractivity contribution in [3.63, 3.8) is 0 Å². The van der Waals surface area contributed by atoms with E-state index in [2.05, 4.69) is 0 Å². The van der Waals surface area contributed by atoms with Gasteiger partial charge in [-0.1, -0.05) is 6.07 Å². The van der Waals surface area contributed by atoms with E-state index in [1.807, 2.05) is 4.90 Å². The minimum absolute atomic E-state index is 0.0201. The van der Waals surface area contributed by atoms with Crippen molar-refractivity contribution in [2.75, 3.05) is 50.9 Å². The van der Waals surface area contributed by atoms with E-state index in [9.17, 15) is 24.5 Å². The third kappa shape index (κ3) is 6.44. The molecule has 2 saturated heterocycles. The van der Waals surface area contributed by atoms with Crippen molar-refractivity contribution in [1.82, 2.24) is 9.47 Å². The number of rotatable bonds is 7. The Balaban J connectivity index is 1.73. The van der Waals surface area contributed by atoms with E-state index < -0.39 is 16.5 Å². The first-order chi connectivity index (χ1) is 17.9. The maximum atomic E-state index is 13.3. The second-order valence-electron chi connectivity index (χ2n) is 8.78. The lowest BCUT2D eigenvalue weighted by Gasteiger charge is -2.28. The van der Waals surface area contributed by atoms with Crippen molar-refractivity contribution >= 4 is 46.7 Å². The second kappa shape index (κ2) is 12.2. The highest BCUT2D eigenvalue weighted by atomic mass is 32.1. The van der Waals surface area contributed by atoms with Gasteiger partial charge in [0.1, 0.15) is 16.9 Å². The van der Waals surface area contributed by atoms with E-state index in [1.165, 1.54) is 16.7 Å². The van der Waals surface area contributed by atoms with Crippen molar-refractivity contribution in [2.45, 2.75) is 32.7 Å². The minimum atomic E-state index is -0.621. The highest BCUT2D eigenvalue weighted by Crippen LogP contribution is 2.31. The molecule has 0 spiro atoms. The number of carbonyl (C=O) groups excluding carboxylic acids is 2. The number of piperidine rings is 1. The number of nitro groups is 1. The fourth-order valence-electron chi connectivity index (χ4n) is 4.46. The summed E-state index contributed by atoms with van der Waals surface area (Å²) >= 11 is 1.03. The standard InChI is InChI=1S/C25H30N4O7S/c1-2-36-24(31)16-23-28(17-22(30)27-10-12-35-13-11-27)25(32)21(37-23)15-18-6-7-19(20(14-18)29(33)34)26-8-4-3-5-9-26/h6-7,14-16H,2-5,8-13,17H2,1H3/b21-15-,23-16+. The maximum absolute atomic E-state index is 13.3. The molecule has 0 radical (unpaired) electrons. The van der Waals surface area contributed by atoms with Gasteiger partial charge in [-0.05, 0) is 43.9 Å². The van der Waals surface area contributed by atoms with Crippen LogP contribution in [0.3, 0.4) is 0 Å². The van der Waals surface area contributed by atoms with Gasteiger partial charge in [0.25, 0.3) is 11.2 Å². The molecule has 2 aliphatic rings. The van der Waals surface area contributed by atoms with E-state index in [0.29, 0.717) is 37.6 Å². The van der Waals surface area contributed by atoms with E-state index >= 15 is 0 Å². The summed E-state index contributed by atoms with van der Waals surface area (Å²) in [6.45, 7) is 4.87. The largest absolute Gasteiger partial charge is 0.463 e. The van der Waals surface area contributed by atoms with E-state index in [-0.39, 0.29) is 33.9 Å². The molecule has 3 heterocycles. The van der Waals surface area contributed by atoms with E-state index in [1.54, 1.807) is 30.0 Å². The lowest BCUT2D eigenvalue weighted by molar-refractivity contribution is -0.384. The summed E-state index contributed by atoms with van der Waals surface area (Å²) in [5.74, 6) is -0.876. The van der Waals surface area contributed by atoms with Gasteiger partial charge in [0.15, 0.2) is 0 Å². The van der Waals surface area contributed by atoms with Crippen LogP contribution in [0.5, 0.6) is 0 Å². The van der Waals surface area contributed by atoms with Crippen LogP contribution in [0.1, 0.15) is 31.7 Å². The average Bonchev–Trinajstić information content (AvgIpc) is 3.18. The summed E-state index contributed by atoms with van der Waals surface area (Å²) in [5, 5.41) is 11.8. The molecule has 2 aromatic rings. The molecule has 37 heavy (non-hydrogen) atoms. The zero-order valence-electron chi connectivity index (χ0n) is 20.7. The molecule has 198 valence electrons. The second-order valence-corrected chi connectivity index (χ2v) is 9.84. The summed E-state index contributed by atoms with van der Waals surface area (Å²) in [4.78, 5) is 53.4. The van der Waals surface area contributed by atoms with Crippen LogP contribution in [0.25, 0.3) is 12.2 Å². The molecule has 0 bridgehead atoms. The van der Waals surface area contributed by atoms with Gasteiger partial charge < -0.3 is 19.3 Å². The van der Waals surface area contributed by atoms with E-state index in [0.717, 1.165) is 43.7 Å². The Labute approximate surface area is 217 Å². The number of nitrogens with zero attached hydrogens (tertiary/aromatic N) is 4. The zero-order valence-corrected chi connectivity index (χ0v) is 21.5. The normalized spacial score (nSPS) is 17.2. The van der Waals surface area contributed by atoms with Crippen LogP contribution in [0.2, 0.25) is 0 Å². The van der Waals surface area contributed by atoms with Crippen LogP contribution in [-0.4, -0.2) is 72.3 Å². The van der Waals surface area contributed by atoms with Crippen LogP contribution in [0, 0.1) is 10.1 Å². The van der Waals surface area contributed by atoms with Crippen molar-refractivity contribution < 1.29 is 24.0 Å². The van der Waals surface area contributed by atoms with Gasteiger partial charge in [-0.15, -0.1) is 11.3 Å². The van der Waals surface area contributed by atoms with Gasteiger partial charge in [0, 0.05) is 32.2 Å². The summed E-state index contributed by atoms with van der Waals surface area (Å²) in [7, 11) is 0. The van der Waals surface area contributed by atoms with Gasteiger partial charge in [-0.2, -0.15) is 0 Å². The Morgan fingerprint density at radius 1 is 1.16 bits per heavy atom. The number of aromatic nitrogens is 1. The zero-order chi connectivity index (χ0) is 26.4. The maximum Gasteiger partial charge on any atom is 0.333 e. The molecule has 2 aliphatic heterocycles. The molecule has 0 N–H and O–H groups in total. The summed E-state index contributed by atoms with van der Waals surface area (Å²) in [5.41, 5.74) is 0.580. The summed E-state index contributed by atoms with van der Waals surface area (Å²) in [6, 6.07) is 4.92. The highest BCUT2D eigenvalue weighted by Gasteiger charge is 2.22. The van der Waals surface area contributed by atoms with E-state index in [4.69, 9.17) is 9.47 Å². The fraction of sp³-hybridized carbons (Fsp3) is 0.480. The van der Waals surface area contributed by atoms with Crippen molar-refractivity contribution in [3.05, 3.63) is 53.4 Å². The SMILES string of the molecule is CCOC(=O)/C=c1/s/c(=C\c2ccc(N3CCCCC3)c([N+](=O)[O-])c2)c(=O)n1CC(=O)N1CCOCC1. The molecule has 2 fully saturated rings. The molecule has 0 unspecified atom stereocenters. The van der Waals surface area contributed by atoms with Crippen molar-refractivity contribution in [2.24, 2.45) is 0 Å². The summed E-state index contributed by atoms with van der Waals surface area (Å²) in [6.07, 6.45) is 5.84. The van der Waals surface area contributed by atoms with Crippen molar-refractivity contribution in [3.8, 4) is 0 Å². The third-order valence-corrected chi connectivity index (χ3v) is 7.37. The topological polar surface area (TPSA) is 124 Å². The Morgan fingerprint density at radius 2 is 1.89 bits per heavy atom. The molecular weight excluding hydrogens is 500 g/mol. The molecule has 0 aliphatic carbocycles. The highest BCUT2D eigenvalue weighted by molar-refractivity contribution is 7.07. The molecule has 1 aromatic heterocycles. The molecule has 1 aromatic carbocycles. The molecule has 0 saturated carbocycles. The average molecular weight is 531 g/mol. The van der Waals surface area contributed by atoms with Crippen LogP contribution in [0.4, 0.5) is 11.4 Å². The number of hydrogen-bond donors (Lipinski definition) is 0. The number of benzene rings is 1. The predicted octanol–water partition coefficient (Wildman–Crippen LogP) is 0.840. The van der Waals surface area contributed by atoms with Crippen LogP contribution >= 0.6 is 11.3 Å². The molecular formula is C25H30N4O7S. The number of nitro benzene ring substituents is 1. The summed E-state index contributed by atoms with van der Waals surface area (Å²) < 4.78 is 12.1. The van der Waals surface area contributed by atoms with Crippen LogP contribution < -0.4 is 19.7 Å². The Bertz CT molecular complexity index is 1340. The van der Waals surface area contributed by atoms with Crippen LogP contribution in [-0.2, 0) is 25.6 Å². The molecule has 11 nitrogen and oxygen atoms in total. The Morgan fingerprint density at radius 3 is 2.57 bits per heavy atom. The van der Waals surface area contributed by atoms with Gasteiger partial charge >= 0.3 is 5.97 Å². The monoisotopic (exact) mass is 530 g/mol. The number of anilines is 1. The lowest BCUT2D eigenvalue weighted by atomic mass is 10.1. The molecule has 4 rings (SSSR count). The predicted molar refractivity (Wildman–Crippen MR) is 139 cm³/mol. The number of hydrogen-bond acceptors (Lipinski definition) is 9. The first-order valence-electron chi connectivity index (χ1n) is 12.4. The Hall–Kier alpha value is -3.51. The van der Waals surface area contributed by atoms with Gasteiger partial charge in [0.05, 0.1) is 35.4 Å². The fourth-order valence-corrected chi connectivity index (χ4v) is 5.49. The van der Waals surface area contributed by atoms with Gasteiger partial charge in [0.2, 0.25) is 5.91 Å². The smallest absolute Gasteiger partial charge is 0.333 e. The number of morpholine rings is 1. The number of amides is 1. The number of thiazole rings is 1. The minimum Gasteiger partial charge on any atom is -0.463 e. The molecule has 0 atom stereocenters. The third-order valence-electron chi connectivity index (χ3n) is 6.31. The number of ether oxygens (including phenoxy) is 2. The Kier molecular flexibility index (Phi) is 8.72. The number of esters is 1. The van der Waals surface area contributed by atoms with Crippen LogP contribution in [0.15, 0.2) is 23.0 Å². The lowest BCUT2D eigenvalue weighted by Crippen LogP contribution is -2.45. The quantitative estimate of drug-likeness (QED) is 0.293. The number of carbonyl (C=O) groups is 2. The molecule has 1 amide bonds. The first-order valence-corrected chi connectivity index (χ1v) is 13.2. The molecule has 12 heteroatoms. The van der Waals surface area contributed by atoms with Crippen molar-refractivity contribution in [1.29, 1.82) is 0 Å². The van der Waals surface area contributed by atoms with Gasteiger partial charge in [-0.3, -0.25) is 24.3 Å².